The molecule has 0 aromatic heterocycles. The molecule has 0 aliphatic carbocycles. The van der Waals surface area contributed by atoms with Crippen molar-refractivity contribution in [3.05, 3.63) is 29.3 Å². The Labute approximate surface area is 122 Å². The highest BCUT2D eigenvalue weighted by Crippen LogP contribution is 2.31. The van der Waals surface area contributed by atoms with Gasteiger partial charge in [-0.3, -0.25) is 0 Å². The lowest BCUT2D eigenvalue weighted by Gasteiger charge is -2.23. The number of nitrogens with one attached hydrogen (secondary N) is 1. The van der Waals surface area contributed by atoms with E-state index in [4.69, 9.17) is 4.74 Å². The zero-order valence-electron chi connectivity index (χ0n) is 13.0. The highest BCUT2D eigenvalue weighted by Gasteiger charge is 2.20. The van der Waals surface area contributed by atoms with Crippen LogP contribution in [0.5, 0.6) is 5.75 Å². The van der Waals surface area contributed by atoms with Gasteiger partial charge in [0.2, 0.25) is 0 Å². The average molecular weight is 300 g/mol. The molecule has 0 atom stereocenters. The van der Waals surface area contributed by atoms with Gasteiger partial charge in [-0.05, 0) is 22.6 Å². The average Bonchev–Trinajstić information content (AvgIpc) is 2.35. The normalized spacial score (nSPS) is 12.8. The van der Waals surface area contributed by atoms with Crippen LogP contribution in [0.2, 0.25) is 0 Å². The maximum atomic E-state index is 11.7. The second-order valence-electron chi connectivity index (χ2n) is 5.89. The molecule has 0 aliphatic heterocycles. The van der Waals surface area contributed by atoms with Gasteiger partial charge in [-0.1, -0.05) is 32.9 Å². The first-order valence-corrected chi connectivity index (χ1v) is 7.86. The molecule has 0 saturated carbocycles. The summed E-state index contributed by atoms with van der Waals surface area (Å²) >= 11 is 0. The molecule has 114 valence electrons. The van der Waals surface area contributed by atoms with Gasteiger partial charge in [0, 0.05) is 20.6 Å². The van der Waals surface area contributed by atoms with Crippen molar-refractivity contribution in [3.63, 3.8) is 0 Å². The van der Waals surface area contributed by atoms with Gasteiger partial charge in [0.15, 0.2) is 0 Å². The summed E-state index contributed by atoms with van der Waals surface area (Å²) in [7, 11) is 1.22. The Balaban J connectivity index is 3.00. The van der Waals surface area contributed by atoms with E-state index >= 15 is 0 Å². The molecular formula is C14H24N2O3S. The predicted octanol–water partition coefficient (Wildman–Crippen LogP) is 1.89. The zero-order chi connectivity index (χ0) is 15.6. The second-order valence-corrected chi connectivity index (χ2v) is 7.86. The molecule has 5 nitrogen and oxygen atoms in total. The molecule has 0 amide bonds. The van der Waals surface area contributed by atoms with Crippen LogP contribution in [0.15, 0.2) is 18.2 Å². The van der Waals surface area contributed by atoms with E-state index in [0.717, 1.165) is 21.2 Å². The Bertz CT molecular complexity index is 560. The lowest BCUT2D eigenvalue weighted by Crippen LogP contribution is -2.35. The third-order valence-electron chi connectivity index (χ3n) is 3.01. The van der Waals surface area contributed by atoms with Crippen LogP contribution in [0.4, 0.5) is 0 Å². The van der Waals surface area contributed by atoms with Crippen LogP contribution in [0.3, 0.4) is 0 Å². The molecule has 0 unspecified atom stereocenters. The van der Waals surface area contributed by atoms with E-state index in [1.54, 1.807) is 7.11 Å². The first-order valence-electron chi connectivity index (χ1n) is 6.42. The third kappa shape index (κ3) is 4.19. The zero-order valence-corrected chi connectivity index (χ0v) is 13.8. The Morgan fingerprint density at radius 2 is 1.85 bits per heavy atom. The molecule has 0 saturated heterocycles. The van der Waals surface area contributed by atoms with Gasteiger partial charge in [0.1, 0.15) is 5.75 Å². The van der Waals surface area contributed by atoms with E-state index in [9.17, 15) is 8.42 Å². The first kappa shape index (κ1) is 16.9. The van der Waals surface area contributed by atoms with Gasteiger partial charge < -0.3 is 4.74 Å². The van der Waals surface area contributed by atoms with Crippen LogP contribution in [0.25, 0.3) is 0 Å². The summed E-state index contributed by atoms with van der Waals surface area (Å²) in [5.41, 5.74) is 1.89. The highest BCUT2D eigenvalue weighted by molar-refractivity contribution is 7.87. The van der Waals surface area contributed by atoms with Crippen LogP contribution in [-0.2, 0) is 22.2 Å². The summed E-state index contributed by atoms with van der Waals surface area (Å²) < 4.78 is 32.5. The smallest absolute Gasteiger partial charge is 0.279 e. The minimum Gasteiger partial charge on any atom is -0.496 e. The van der Waals surface area contributed by atoms with Gasteiger partial charge in [-0.2, -0.15) is 17.4 Å². The number of rotatable bonds is 5. The van der Waals surface area contributed by atoms with Crippen LogP contribution in [0, 0.1) is 0 Å². The largest absolute Gasteiger partial charge is 0.496 e. The molecule has 1 aromatic rings. The van der Waals surface area contributed by atoms with Crippen molar-refractivity contribution in [1.29, 1.82) is 0 Å². The van der Waals surface area contributed by atoms with Crippen molar-refractivity contribution in [2.45, 2.75) is 32.7 Å². The van der Waals surface area contributed by atoms with Crippen molar-refractivity contribution in [2.75, 3.05) is 21.2 Å². The van der Waals surface area contributed by atoms with Crippen LogP contribution in [0.1, 0.15) is 31.9 Å². The van der Waals surface area contributed by atoms with E-state index in [0.29, 0.717) is 0 Å². The highest BCUT2D eigenvalue weighted by atomic mass is 32.2. The summed E-state index contributed by atoms with van der Waals surface area (Å²) in [6.07, 6.45) is 0. The Morgan fingerprint density at radius 3 is 2.30 bits per heavy atom. The van der Waals surface area contributed by atoms with Gasteiger partial charge >= 0.3 is 0 Å². The summed E-state index contributed by atoms with van der Waals surface area (Å²) in [5.74, 6) is 0.816. The summed E-state index contributed by atoms with van der Waals surface area (Å²) in [5, 5.41) is 0. The fraction of sp³-hybridized carbons (Fsp3) is 0.571. The number of methoxy groups -OCH3 is 1. The number of benzene rings is 1. The monoisotopic (exact) mass is 300 g/mol. The number of ether oxygens (including phenoxy) is 1. The number of nitrogens with zero attached hydrogens (tertiary/aromatic N) is 1. The minimum atomic E-state index is -3.41. The van der Waals surface area contributed by atoms with Crippen molar-refractivity contribution in [3.8, 4) is 5.75 Å². The fourth-order valence-corrected chi connectivity index (χ4v) is 2.36. The number of hydrogen-bond donors (Lipinski definition) is 1. The molecule has 1 rings (SSSR count). The van der Waals surface area contributed by atoms with Crippen molar-refractivity contribution < 1.29 is 13.2 Å². The van der Waals surface area contributed by atoms with Crippen molar-refractivity contribution in [1.82, 2.24) is 9.03 Å². The Kier molecular flexibility index (Phi) is 5.18. The second kappa shape index (κ2) is 6.11. The topological polar surface area (TPSA) is 58.6 Å². The van der Waals surface area contributed by atoms with Crippen molar-refractivity contribution >= 4 is 10.2 Å². The molecule has 1 N–H and O–H groups in total. The van der Waals surface area contributed by atoms with E-state index < -0.39 is 10.2 Å². The molecule has 0 bridgehead atoms. The SMILES string of the molecule is COc1ccc(CNS(=O)(=O)N(C)C)cc1C(C)(C)C. The molecule has 0 spiro atoms. The third-order valence-corrected chi connectivity index (χ3v) is 4.48. The van der Waals surface area contributed by atoms with E-state index in [-0.39, 0.29) is 12.0 Å². The predicted molar refractivity (Wildman–Crippen MR) is 81.1 cm³/mol. The van der Waals surface area contributed by atoms with Crippen molar-refractivity contribution in [2.24, 2.45) is 0 Å². The van der Waals surface area contributed by atoms with Gasteiger partial charge in [0.25, 0.3) is 10.2 Å². The molecule has 1 aromatic carbocycles. The van der Waals surface area contributed by atoms with Crippen LogP contribution in [-0.4, -0.2) is 33.9 Å². The summed E-state index contributed by atoms with van der Waals surface area (Å²) in [6.45, 7) is 6.55. The first-order chi connectivity index (χ1) is 9.08. The molecule has 6 heteroatoms. The van der Waals surface area contributed by atoms with Gasteiger partial charge in [-0.25, -0.2) is 0 Å². The maximum absolute atomic E-state index is 11.7. The lowest BCUT2D eigenvalue weighted by molar-refractivity contribution is 0.397. The number of hydrogen-bond acceptors (Lipinski definition) is 3. The standard InChI is InChI=1S/C14H24N2O3S/c1-14(2,3)12-9-11(7-8-13(12)19-6)10-15-20(17,18)16(4)5/h7-9,15H,10H2,1-6H3. The fourth-order valence-electron chi connectivity index (χ4n) is 1.75. The van der Waals surface area contributed by atoms with Crippen LogP contribution < -0.4 is 9.46 Å². The maximum Gasteiger partial charge on any atom is 0.279 e. The molecular weight excluding hydrogens is 276 g/mol. The van der Waals surface area contributed by atoms with E-state index in [2.05, 4.69) is 25.5 Å². The molecule has 0 heterocycles. The molecule has 0 radical (unpaired) electrons. The van der Waals surface area contributed by atoms with Gasteiger partial charge in [-0.15, -0.1) is 0 Å². The summed E-state index contributed by atoms with van der Waals surface area (Å²) in [6, 6.07) is 5.73. The van der Waals surface area contributed by atoms with Gasteiger partial charge in [0.05, 0.1) is 7.11 Å². The van der Waals surface area contributed by atoms with E-state index in [1.807, 2.05) is 18.2 Å². The quantitative estimate of drug-likeness (QED) is 0.903. The molecule has 0 fully saturated rings. The van der Waals surface area contributed by atoms with Crippen LogP contribution >= 0.6 is 0 Å². The minimum absolute atomic E-state index is 0.0677. The Hall–Kier alpha value is -1.11. The van der Waals surface area contributed by atoms with E-state index in [1.165, 1.54) is 14.1 Å². The lowest BCUT2D eigenvalue weighted by atomic mass is 9.85. The Morgan fingerprint density at radius 1 is 1.25 bits per heavy atom. The summed E-state index contributed by atoms with van der Waals surface area (Å²) in [4.78, 5) is 0. The molecule has 0 aliphatic rings. The molecule has 20 heavy (non-hydrogen) atoms.